The first-order valence-corrected chi connectivity index (χ1v) is 16.1. The minimum atomic E-state index is -0.264. The highest BCUT2D eigenvalue weighted by Crippen LogP contribution is 2.57. The van der Waals surface area contributed by atoms with Crippen molar-refractivity contribution in [2.24, 2.45) is 5.92 Å². The number of fused-ring (bicyclic) bond motifs is 3. The molecular weight excluding hydrogens is 480 g/mol. The molecule has 0 bridgehead atoms. The van der Waals surface area contributed by atoms with E-state index in [0.29, 0.717) is 0 Å². The van der Waals surface area contributed by atoms with Gasteiger partial charge in [0, 0.05) is 0 Å². The molecule has 0 unspecified atom stereocenters. The maximum absolute atomic E-state index is 2.31. The van der Waals surface area contributed by atoms with Gasteiger partial charge in [0.05, 0.1) is 5.41 Å². The predicted molar refractivity (Wildman–Crippen MR) is 189 cm³/mol. The molecule has 0 aromatic heterocycles. The molecule has 0 amide bonds. The Morgan fingerprint density at radius 1 is 0.675 bits per heavy atom. The second-order valence-corrected chi connectivity index (χ2v) is 8.51. The molecule has 2 aromatic carbocycles. The van der Waals surface area contributed by atoms with Crippen LogP contribution in [-0.2, 0) is 5.41 Å². The Hall–Kier alpha value is -2.86. The fraction of sp³-hybridized carbons (Fsp3) is 0.450. The van der Waals surface area contributed by atoms with E-state index in [0.717, 1.165) is 12.3 Å². The number of hydrogen-bond acceptors (Lipinski definition) is 0. The van der Waals surface area contributed by atoms with E-state index in [1.807, 2.05) is 69.2 Å². The molecule has 0 fully saturated rings. The standard InChI is InChI=1S/C26H24.C4H10.5C2H6/c1-3-13-20(4-2)26(21-14-7-5-6-8-15-21)24-18-11-9-16-22(24)23-17-10-12-19-25(23)26;1-4(2)3;5*1-2/h3-5,7-19H,6H2,1-2H3;4H,1-3H3;5*1-2H3/b13-3-,20-4+;;;;;;. The number of hydrogen-bond donors (Lipinski definition) is 0. The van der Waals surface area contributed by atoms with E-state index in [9.17, 15) is 0 Å². The summed E-state index contributed by atoms with van der Waals surface area (Å²) in [6.07, 6.45) is 18.9. The van der Waals surface area contributed by atoms with Gasteiger partial charge in [-0.3, -0.25) is 0 Å². The smallest absolute Gasteiger partial charge is 0.0710 e. The van der Waals surface area contributed by atoms with Gasteiger partial charge in [-0.1, -0.05) is 187 Å². The van der Waals surface area contributed by atoms with Crippen LogP contribution in [0.5, 0.6) is 0 Å². The number of benzene rings is 2. The average Bonchev–Trinajstić information content (AvgIpc) is 3.14. The third kappa shape index (κ3) is 11.0. The van der Waals surface area contributed by atoms with Crippen molar-refractivity contribution in [3.8, 4) is 11.1 Å². The van der Waals surface area contributed by atoms with Crippen molar-refractivity contribution < 1.29 is 0 Å². The summed E-state index contributed by atoms with van der Waals surface area (Å²) in [5.74, 6) is 0.833. The third-order valence-corrected chi connectivity index (χ3v) is 5.46. The summed E-state index contributed by atoms with van der Waals surface area (Å²) >= 11 is 0. The molecule has 2 aliphatic carbocycles. The van der Waals surface area contributed by atoms with E-state index in [4.69, 9.17) is 0 Å². The summed E-state index contributed by atoms with van der Waals surface area (Å²) in [7, 11) is 0. The Labute approximate surface area is 251 Å². The molecule has 0 nitrogen and oxygen atoms in total. The van der Waals surface area contributed by atoms with Crippen LogP contribution in [0.3, 0.4) is 0 Å². The summed E-state index contributed by atoms with van der Waals surface area (Å²) in [4.78, 5) is 0. The first-order valence-electron chi connectivity index (χ1n) is 16.1. The number of rotatable bonds is 3. The Balaban J connectivity index is -0.000000846. The summed E-state index contributed by atoms with van der Waals surface area (Å²) in [6, 6.07) is 17.7. The Morgan fingerprint density at radius 2 is 1.10 bits per heavy atom. The van der Waals surface area contributed by atoms with Crippen LogP contribution < -0.4 is 0 Å². The maximum atomic E-state index is 2.31. The summed E-state index contributed by atoms with van der Waals surface area (Å²) in [5.41, 5.74) is 7.82. The third-order valence-electron chi connectivity index (χ3n) is 5.46. The van der Waals surface area contributed by atoms with Crippen molar-refractivity contribution in [1.29, 1.82) is 0 Å². The fourth-order valence-corrected chi connectivity index (χ4v) is 4.47. The molecule has 4 rings (SSSR count). The van der Waals surface area contributed by atoms with Crippen LogP contribution in [0.15, 0.2) is 108 Å². The predicted octanol–water partition coefficient (Wildman–Crippen LogP) is 13.7. The topological polar surface area (TPSA) is 0 Å². The molecule has 0 aliphatic heterocycles. The van der Waals surface area contributed by atoms with Crippen LogP contribution >= 0.6 is 0 Å². The van der Waals surface area contributed by atoms with E-state index in [1.165, 1.54) is 33.4 Å². The molecule has 0 saturated carbocycles. The lowest BCUT2D eigenvalue weighted by Crippen LogP contribution is -2.29. The first kappa shape index (κ1) is 41.6. The highest BCUT2D eigenvalue weighted by atomic mass is 14.5. The first-order chi connectivity index (χ1) is 19.6. The molecule has 224 valence electrons. The quantitative estimate of drug-likeness (QED) is 0.337. The molecule has 0 atom stereocenters. The second kappa shape index (κ2) is 26.4. The molecular formula is C40H64. The maximum Gasteiger partial charge on any atom is 0.0710 e. The molecule has 0 spiro atoms. The van der Waals surface area contributed by atoms with Crippen LogP contribution in [0, 0.1) is 5.92 Å². The Morgan fingerprint density at radius 3 is 1.50 bits per heavy atom. The van der Waals surface area contributed by atoms with Gasteiger partial charge in [0.1, 0.15) is 0 Å². The van der Waals surface area contributed by atoms with E-state index in [-0.39, 0.29) is 5.41 Å². The molecule has 40 heavy (non-hydrogen) atoms. The monoisotopic (exact) mass is 545 g/mol. The zero-order valence-electron chi connectivity index (χ0n) is 29.0. The summed E-state index contributed by atoms with van der Waals surface area (Å²) < 4.78 is 0. The lowest BCUT2D eigenvalue weighted by Gasteiger charge is -2.35. The zero-order chi connectivity index (χ0) is 31.6. The largest absolute Gasteiger partial charge is 0.0873 e. The van der Waals surface area contributed by atoms with Gasteiger partial charge in [-0.15, -0.1) is 0 Å². The van der Waals surface area contributed by atoms with Crippen molar-refractivity contribution in [2.45, 2.75) is 116 Å². The average molecular weight is 545 g/mol. The van der Waals surface area contributed by atoms with Crippen molar-refractivity contribution in [3.05, 3.63) is 119 Å². The minimum Gasteiger partial charge on any atom is -0.0873 e. The normalized spacial score (nSPS) is 13.2. The van der Waals surface area contributed by atoms with Gasteiger partial charge in [-0.2, -0.15) is 0 Å². The molecule has 2 aliphatic rings. The van der Waals surface area contributed by atoms with Crippen molar-refractivity contribution in [3.63, 3.8) is 0 Å². The minimum absolute atomic E-state index is 0.264. The second-order valence-electron chi connectivity index (χ2n) is 8.51. The van der Waals surface area contributed by atoms with E-state index in [2.05, 4.69) is 132 Å². The van der Waals surface area contributed by atoms with Crippen LogP contribution in [0.4, 0.5) is 0 Å². The van der Waals surface area contributed by atoms with Gasteiger partial charge in [0.25, 0.3) is 0 Å². The van der Waals surface area contributed by atoms with Gasteiger partial charge in [0.2, 0.25) is 0 Å². The van der Waals surface area contributed by atoms with Crippen molar-refractivity contribution in [1.82, 2.24) is 0 Å². The Bertz CT molecular complexity index is 973. The van der Waals surface area contributed by atoms with E-state index in [1.54, 1.807) is 0 Å². The highest BCUT2D eigenvalue weighted by Gasteiger charge is 2.46. The van der Waals surface area contributed by atoms with Crippen LogP contribution in [0.25, 0.3) is 11.1 Å². The molecule has 0 heteroatoms. The van der Waals surface area contributed by atoms with Crippen molar-refractivity contribution >= 4 is 0 Å². The molecule has 2 aromatic rings. The van der Waals surface area contributed by atoms with E-state index < -0.39 is 0 Å². The highest BCUT2D eigenvalue weighted by molar-refractivity contribution is 5.87. The van der Waals surface area contributed by atoms with Crippen LogP contribution in [0.2, 0.25) is 0 Å². The van der Waals surface area contributed by atoms with Gasteiger partial charge in [0.15, 0.2) is 0 Å². The Kier molecular flexibility index (Phi) is 27.4. The van der Waals surface area contributed by atoms with Crippen LogP contribution in [-0.4, -0.2) is 0 Å². The van der Waals surface area contributed by atoms with Crippen LogP contribution in [0.1, 0.15) is 121 Å². The summed E-state index contributed by atoms with van der Waals surface area (Å²) in [6.45, 7) is 30.7. The lowest BCUT2D eigenvalue weighted by atomic mass is 9.66. The van der Waals surface area contributed by atoms with Gasteiger partial charge >= 0.3 is 0 Å². The fourth-order valence-electron chi connectivity index (χ4n) is 4.47. The number of allylic oxidation sites excluding steroid dienone is 10. The molecule has 0 saturated heterocycles. The van der Waals surface area contributed by atoms with Gasteiger partial charge in [-0.25, -0.2) is 0 Å². The molecule has 0 radical (unpaired) electrons. The molecule has 0 N–H and O–H groups in total. The SMILES string of the molecule is C/C=C\C(=C/C)C1(C2=CC=CCC=C2)c2ccccc2-c2ccccc21.CC.CC.CC.CC.CC.CC(C)C. The van der Waals surface area contributed by atoms with Crippen molar-refractivity contribution in [2.75, 3.05) is 0 Å². The summed E-state index contributed by atoms with van der Waals surface area (Å²) in [5, 5.41) is 0. The van der Waals surface area contributed by atoms with Gasteiger partial charge < -0.3 is 0 Å². The van der Waals surface area contributed by atoms with Gasteiger partial charge in [-0.05, 0) is 59.6 Å². The molecule has 0 heterocycles. The van der Waals surface area contributed by atoms with E-state index >= 15 is 0 Å². The zero-order valence-corrected chi connectivity index (χ0v) is 29.0. The lowest BCUT2D eigenvalue weighted by molar-refractivity contribution is 0.737.